The van der Waals surface area contributed by atoms with Gasteiger partial charge in [0.2, 0.25) is 0 Å². The summed E-state index contributed by atoms with van der Waals surface area (Å²) in [6, 6.07) is 0. The summed E-state index contributed by atoms with van der Waals surface area (Å²) in [5.41, 5.74) is 0. The van der Waals surface area contributed by atoms with Crippen molar-refractivity contribution in [2.75, 3.05) is 26.4 Å². The summed E-state index contributed by atoms with van der Waals surface area (Å²) in [7, 11) is 0. The van der Waals surface area contributed by atoms with Crippen molar-refractivity contribution in [2.45, 2.75) is 6.10 Å². The summed E-state index contributed by atoms with van der Waals surface area (Å²) in [5, 5.41) is 25.9. The van der Waals surface area contributed by atoms with Crippen LogP contribution >= 0.6 is 0 Å². The molecule has 0 rings (SSSR count). The van der Waals surface area contributed by atoms with Crippen LogP contribution in [0.15, 0.2) is 24.3 Å². The van der Waals surface area contributed by atoms with E-state index in [1.54, 1.807) is 0 Å². The van der Waals surface area contributed by atoms with Crippen LogP contribution in [0.5, 0.6) is 0 Å². The Balaban J connectivity index is 3.45. The van der Waals surface area contributed by atoms with Gasteiger partial charge in [0.25, 0.3) is 0 Å². The number of carboxylic acids is 2. The number of aliphatic carboxylic acids is 2. The first-order chi connectivity index (χ1) is 8.52. The van der Waals surface area contributed by atoms with Crippen molar-refractivity contribution in [1.82, 2.24) is 0 Å². The highest BCUT2D eigenvalue weighted by atomic mass is 16.5. The maximum atomic E-state index is 10.1. The topological polar surface area (TPSA) is 113 Å². The van der Waals surface area contributed by atoms with E-state index in [0.717, 1.165) is 12.2 Å². The highest BCUT2D eigenvalue weighted by Gasteiger charge is 2.03. The molecule has 0 heterocycles. The molecule has 0 aromatic rings. The number of hydrogen-bond donors (Lipinski definition) is 3. The average Bonchev–Trinajstić information content (AvgIpc) is 2.27. The van der Waals surface area contributed by atoms with Gasteiger partial charge in [-0.1, -0.05) is 12.2 Å². The van der Waals surface area contributed by atoms with Crippen LogP contribution in [-0.2, 0) is 19.1 Å². The highest BCUT2D eigenvalue weighted by molar-refractivity contribution is 5.79. The predicted octanol–water partition coefficient (Wildman–Crippen LogP) is -0.338. The number of rotatable bonds is 10. The van der Waals surface area contributed by atoms with Gasteiger partial charge in [-0.3, -0.25) is 0 Å². The number of ether oxygens (including phenoxy) is 2. The molecule has 0 aromatic carbocycles. The molecular weight excluding hydrogens is 244 g/mol. The van der Waals surface area contributed by atoms with E-state index in [4.69, 9.17) is 19.7 Å². The number of aliphatic hydroxyl groups is 1. The van der Waals surface area contributed by atoms with Crippen LogP contribution in [0.4, 0.5) is 0 Å². The van der Waals surface area contributed by atoms with Crippen molar-refractivity contribution in [1.29, 1.82) is 0 Å². The molecule has 7 nitrogen and oxygen atoms in total. The molecule has 0 aliphatic rings. The Kier molecular flexibility index (Phi) is 9.47. The largest absolute Gasteiger partial charge is 0.478 e. The maximum Gasteiger partial charge on any atom is 0.328 e. The van der Waals surface area contributed by atoms with Gasteiger partial charge in [-0.2, -0.15) is 0 Å². The van der Waals surface area contributed by atoms with E-state index in [9.17, 15) is 14.7 Å². The zero-order valence-electron chi connectivity index (χ0n) is 9.69. The standard InChI is InChI=1S/C11H16O7/c12-9(7-17-5-1-3-10(13)14)8-18-6-2-4-11(15)16/h1-4,9,12H,5-8H2,(H,13,14)(H,15,16)/b3-1+,4-2+. The molecule has 7 heteroatoms. The molecule has 3 N–H and O–H groups in total. The SMILES string of the molecule is O=C(O)/C=C/COCC(O)COC/C=C/C(=O)O. The minimum Gasteiger partial charge on any atom is -0.478 e. The van der Waals surface area contributed by atoms with Gasteiger partial charge in [0.1, 0.15) is 6.10 Å². The summed E-state index contributed by atoms with van der Waals surface area (Å²) < 4.78 is 9.90. The van der Waals surface area contributed by atoms with Crippen LogP contribution < -0.4 is 0 Å². The van der Waals surface area contributed by atoms with Crippen LogP contribution in [0.3, 0.4) is 0 Å². The van der Waals surface area contributed by atoms with Gasteiger partial charge in [0.05, 0.1) is 26.4 Å². The second-order valence-corrected chi connectivity index (χ2v) is 3.21. The second-order valence-electron chi connectivity index (χ2n) is 3.21. The smallest absolute Gasteiger partial charge is 0.328 e. The zero-order valence-corrected chi connectivity index (χ0v) is 9.69. The normalized spacial score (nSPS) is 11.7. The van der Waals surface area contributed by atoms with Crippen molar-refractivity contribution in [3.05, 3.63) is 24.3 Å². The van der Waals surface area contributed by atoms with Gasteiger partial charge in [0, 0.05) is 12.2 Å². The zero-order chi connectivity index (χ0) is 13.8. The first-order valence-corrected chi connectivity index (χ1v) is 5.15. The molecule has 0 aliphatic heterocycles. The van der Waals surface area contributed by atoms with Gasteiger partial charge >= 0.3 is 11.9 Å². The summed E-state index contributed by atoms with van der Waals surface area (Å²) in [4.78, 5) is 20.2. The summed E-state index contributed by atoms with van der Waals surface area (Å²) in [6.45, 7) is 0.184. The molecule has 0 atom stereocenters. The average molecular weight is 260 g/mol. The molecule has 0 saturated carbocycles. The third-order valence-corrected chi connectivity index (χ3v) is 1.57. The second kappa shape index (κ2) is 10.5. The van der Waals surface area contributed by atoms with Crippen molar-refractivity contribution in [3.63, 3.8) is 0 Å². The minimum atomic E-state index is -1.06. The monoisotopic (exact) mass is 260 g/mol. The van der Waals surface area contributed by atoms with Gasteiger partial charge in [-0.05, 0) is 0 Å². The lowest BCUT2D eigenvalue weighted by Crippen LogP contribution is -2.21. The Bertz CT molecular complexity index is 279. The van der Waals surface area contributed by atoms with Crippen molar-refractivity contribution >= 4 is 11.9 Å². The van der Waals surface area contributed by atoms with E-state index in [1.807, 2.05) is 0 Å². The molecule has 0 saturated heterocycles. The molecule has 102 valence electrons. The van der Waals surface area contributed by atoms with Crippen LogP contribution in [-0.4, -0.2) is 59.8 Å². The third kappa shape index (κ3) is 12.4. The first-order valence-electron chi connectivity index (χ1n) is 5.15. The van der Waals surface area contributed by atoms with Crippen molar-refractivity contribution < 1.29 is 34.4 Å². The summed E-state index contributed by atoms with van der Waals surface area (Å²) in [5.74, 6) is -2.12. The quantitative estimate of drug-likeness (QED) is 0.364. The Morgan fingerprint density at radius 2 is 1.33 bits per heavy atom. The van der Waals surface area contributed by atoms with Crippen LogP contribution in [0.2, 0.25) is 0 Å². The van der Waals surface area contributed by atoms with E-state index >= 15 is 0 Å². The number of carboxylic acid groups (broad SMARTS) is 2. The molecule has 18 heavy (non-hydrogen) atoms. The molecule has 0 unspecified atom stereocenters. The number of carbonyl (C=O) groups is 2. The maximum absolute atomic E-state index is 10.1. The molecule has 0 aromatic heterocycles. The van der Waals surface area contributed by atoms with E-state index in [2.05, 4.69) is 0 Å². The van der Waals surface area contributed by atoms with Crippen LogP contribution in [0.1, 0.15) is 0 Å². The molecule has 0 aliphatic carbocycles. The van der Waals surface area contributed by atoms with E-state index in [-0.39, 0.29) is 26.4 Å². The third-order valence-electron chi connectivity index (χ3n) is 1.57. The van der Waals surface area contributed by atoms with Crippen LogP contribution in [0, 0.1) is 0 Å². The summed E-state index contributed by atoms with van der Waals surface area (Å²) >= 11 is 0. The first kappa shape index (κ1) is 16.3. The number of hydrogen-bond acceptors (Lipinski definition) is 5. The van der Waals surface area contributed by atoms with Crippen molar-refractivity contribution in [2.24, 2.45) is 0 Å². The van der Waals surface area contributed by atoms with E-state index < -0.39 is 18.0 Å². The molecule has 0 spiro atoms. The Labute approximate surface area is 104 Å². The van der Waals surface area contributed by atoms with Gasteiger partial charge < -0.3 is 24.8 Å². The van der Waals surface area contributed by atoms with Gasteiger partial charge in [-0.15, -0.1) is 0 Å². The lowest BCUT2D eigenvalue weighted by molar-refractivity contribution is -0.132. The van der Waals surface area contributed by atoms with Crippen LogP contribution in [0.25, 0.3) is 0 Å². The van der Waals surface area contributed by atoms with Crippen molar-refractivity contribution in [3.8, 4) is 0 Å². The fraction of sp³-hybridized carbons (Fsp3) is 0.455. The Morgan fingerprint density at radius 3 is 1.67 bits per heavy atom. The molecular formula is C11H16O7. The fourth-order valence-corrected chi connectivity index (χ4v) is 0.890. The van der Waals surface area contributed by atoms with Gasteiger partial charge in [0.15, 0.2) is 0 Å². The predicted molar refractivity (Wildman–Crippen MR) is 61.2 cm³/mol. The molecule has 0 bridgehead atoms. The highest BCUT2D eigenvalue weighted by Crippen LogP contribution is 1.89. The van der Waals surface area contributed by atoms with E-state index in [1.165, 1.54) is 12.2 Å². The Hall–Kier alpha value is -1.70. The lowest BCUT2D eigenvalue weighted by Gasteiger charge is -2.09. The fourth-order valence-electron chi connectivity index (χ4n) is 0.890. The van der Waals surface area contributed by atoms with Gasteiger partial charge in [-0.25, -0.2) is 9.59 Å². The number of aliphatic hydroxyl groups excluding tert-OH is 1. The molecule has 0 amide bonds. The summed E-state index contributed by atoms with van der Waals surface area (Å²) in [6.07, 6.45) is 3.66. The molecule has 0 fully saturated rings. The lowest BCUT2D eigenvalue weighted by atomic mass is 10.4. The minimum absolute atomic E-state index is 0.00655. The van der Waals surface area contributed by atoms with E-state index in [0.29, 0.717) is 0 Å². The molecule has 0 radical (unpaired) electrons. The Morgan fingerprint density at radius 1 is 0.944 bits per heavy atom.